The van der Waals surface area contributed by atoms with E-state index in [1.807, 2.05) is 0 Å². The highest BCUT2D eigenvalue weighted by molar-refractivity contribution is 5.91. The molecule has 0 aromatic heterocycles. The molecule has 0 bridgehead atoms. The zero-order valence-corrected chi connectivity index (χ0v) is 11.2. The van der Waals surface area contributed by atoms with Gasteiger partial charge in [0.05, 0.1) is 7.11 Å². The summed E-state index contributed by atoms with van der Waals surface area (Å²) in [5, 5.41) is 2.35. The summed E-state index contributed by atoms with van der Waals surface area (Å²) in [6.07, 6.45) is 0. The summed E-state index contributed by atoms with van der Waals surface area (Å²) >= 11 is 0. The average molecular weight is 293 g/mol. The van der Waals surface area contributed by atoms with E-state index in [2.05, 4.69) is 5.32 Å². The summed E-state index contributed by atoms with van der Waals surface area (Å²) in [6.45, 7) is -0.307. The molecule has 0 heterocycles. The maximum Gasteiger partial charge on any atom is 0.262 e. The molecule has 1 N–H and O–H groups in total. The number of carbonyl (C=O) groups is 1. The summed E-state index contributed by atoms with van der Waals surface area (Å²) in [4.78, 5) is 11.7. The minimum atomic E-state index is -0.768. The molecule has 0 aliphatic carbocycles. The number of ether oxygens (including phenoxy) is 2. The van der Waals surface area contributed by atoms with Crippen LogP contribution in [0.3, 0.4) is 0 Å². The summed E-state index contributed by atoms with van der Waals surface area (Å²) in [6, 6.07) is 9.59. The summed E-state index contributed by atoms with van der Waals surface area (Å²) in [5.41, 5.74) is 0.0288. The van der Waals surface area contributed by atoms with Gasteiger partial charge in [0.15, 0.2) is 18.1 Å². The van der Waals surface area contributed by atoms with Crippen LogP contribution in [-0.2, 0) is 4.79 Å². The summed E-state index contributed by atoms with van der Waals surface area (Å²) in [7, 11) is 1.48. The standard InChI is InChI=1S/C15H13F2NO3/c1-20-13-4-2-3-5-14(13)21-9-15(19)18-12-7-10(16)6-11(17)8-12/h2-8H,9H2,1H3,(H,18,19). The van der Waals surface area contributed by atoms with Crippen LogP contribution >= 0.6 is 0 Å². The van der Waals surface area contributed by atoms with Gasteiger partial charge in [0.25, 0.3) is 5.91 Å². The van der Waals surface area contributed by atoms with Crippen LogP contribution < -0.4 is 14.8 Å². The molecule has 0 spiro atoms. The number of hydrogen-bond acceptors (Lipinski definition) is 3. The number of amides is 1. The lowest BCUT2D eigenvalue weighted by atomic mass is 10.3. The van der Waals surface area contributed by atoms with Crippen LogP contribution in [0.1, 0.15) is 0 Å². The molecule has 21 heavy (non-hydrogen) atoms. The topological polar surface area (TPSA) is 47.6 Å². The lowest BCUT2D eigenvalue weighted by molar-refractivity contribution is -0.118. The Labute approximate surface area is 120 Å². The van der Waals surface area contributed by atoms with Gasteiger partial charge in [0.1, 0.15) is 11.6 Å². The third kappa shape index (κ3) is 4.17. The van der Waals surface area contributed by atoms with Crippen LogP contribution in [0.5, 0.6) is 11.5 Å². The molecule has 0 radical (unpaired) electrons. The number of para-hydroxylation sites is 2. The van der Waals surface area contributed by atoms with Crippen LogP contribution in [0, 0.1) is 11.6 Å². The molecule has 6 heteroatoms. The number of rotatable bonds is 5. The molecule has 0 aliphatic rings. The van der Waals surface area contributed by atoms with Gasteiger partial charge in [-0.25, -0.2) is 8.78 Å². The lowest BCUT2D eigenvalue weighted by Gasteiger charge is -2.10. The number of carbonyl (C=O) groups excluding carboxylic acids is 1. The van der Waals surface area contributed by atoms with Crippen molar-refractivity contribution < 1.29 is 23.0 Å². The molecule has 0 atom stereocenters. The maximum absolute atomic E-state index is 13.0. The van der Waals surface area contributed by atoms with E-state index in [1.54, 1.807) is 24.3 Å². The van der Waals surface area contributed by atoms with Crippen molar-refractivity contribution in [3.8, 4) is 11.5 Å². The highest BCUT2D eigenvalue weighted by atomic mass is 19.1. The van der Waals surface area contributed by atoms with Crippen molar-refractivity contribution >= 4 is 11.6 Å². The van der Waals surface area contributed by atoms with E-state index < -0.39 is 17.5 Å². The first kappa shape index (κ1) is 14.8. The number of benzene rings is 2. The van der Waals surface area contributed by atoms with E-state index in [9.17, 15) is 13.6 Å². The highest BCUT2D eigenvalue weighted by Crippen LogP contribution is 2.25. The van der Waals surface area contributed by atoms with Crippen LogP contribution in [-0.4, -0.2) is 19.6 Å². The van der Waals surface area contributed by atoms with Gasteiger partial charge < -0.3 is 14.8 Å². The molecule has 4 nitrogen and oxygen atoms in total. The van der Waals surface area contributed by atoms with Gasteiger partial charge in [-0.15, -0.1) is 0 Å². The van der Waals surface area contributed by atoms with Gasteiger partial charge in [-0.3, -0.25) is 4.79 Å². The summed E-state index contributed by atoms with van der Waals surface area (Å²) in [5.74, 6) is -1.18. The van der Waals surface area contributed by atoms with Crippen LogP contribution in [0.2, 0.25) is 0 Å². The zero-order chi connectivity index (χ0) is 15.2. The Balaban J connectivity index is 1.96. The second-order valence-electron chi connectivity index (χ2n) is 4.15. The first-order chi connectivity index (χ1) is 10.1. The molecule has 2 aromatic carbocycles. The van der Waals surface area contributed by atoms with Crippen molar-refractivity contribution in [1.29, 1.82) is 0 Å². The van der Waals surface area contributed by atoms with Crippen LogP contribution in [0.25, 0.3) is 0 Å². The Morgan fingerprint density at radius 2 is 1.71 bits per heavy atom. The van der Waals surface area contributed by atoms with Crippen molar-refractivity contribution in [2.75, 3.05) is 19.0 Å². The van der Waals surface area contributed by atoms with Gasteiger partial charge in [-0.2, -0.15) is 0 Å². The first-order valence-corrected chi connectivity index (χ1v) is 6.10. The third-order valence-corrected chi connectivity index (χ3v) is 2.57. The fourth-order valence-corrected chi connectivity index (χ4v) is 1.70. The van der Waals surface area contributed by atoms with Crippen LogP contribution in [0.15, 0.2) is 42.5 Å². The van der Waals surface area contributed by atoms with Gasteiger partial charge in [-0.05, 0) is 24.3 Å². The van der Waals surface area contributed by atoms with E-state index >= 15 is 0 Å². The van der Waals surface area contributed by atoms with Crippen molar-refractivity contribution in [3.63, 3.8) is 0 Å². The van der Waals surface area contributed by atoms with Crippen molar-refractivity contribution in [3.05, 3.63) is 54.1 Å². The van der Waals surface area contributed by atoms with Crippen molar-refractivity contribution in [2.45, 2.75) is 0 Å². The third-order valence-electron chi connectivity index (χ3n) is 2.57. The van der Waals surface area contributed by atoms with Crippen molar-refractivity contribution in [2.24, 2.45) is 0 Å². The number of anilines is 1. The van der Waals surface area contributed by atoms with E-state index in [0.29, 0.717) is 11.5 Å². The molecule has 2 aromatic rings. The van der Waals surface area contributed by atoms with Crippen LogP contribution in [0.4, 0.5) is 14.5 Å². The Morgan fingerprint density at radius 3 is 2.33 bits per heavy atom. The number of methoxy groups -OCH3 is 1. The molecule has 110 valence electrons. The molecule has 0 aliphatic heterocycles. The largest absolute Gasteiger partial charge is 0.493 e. The predicted octanol–water partition coefficient (Wildman–Crippen LogP) is 2.99. The Hall–Kier alpha value is -2.63. The minimum absolute atomic E-state index is 0.0288. The Kier molecular flexibility index (Phi) is 4.71. The lowest BCUT2D eigenvalue weighted by Crippen LogP contribution is -2.20. The smallest absolute Gasteiger partial charge is 0.262 e. The van der Waals surface area contributed by atoms with Gasteiger partial charge >= 0.3 is 0 Å². The molecule has 0 unspecified atom stereocenters. The zero-order valence-electron chi connectivity index (χ0n) is 11.2. The summed E-state index contributed by atoms with van der Waals surface area (Å²) < 4.78 is 36.3. The number of hydrogen-bond donors (Lipinski definition) is 1. The fraction of sp³-hybridized carbons (Fsp3) is 0.133. The predicted molar refractivity (Wildman–Crippen MR) is 73.5 cm³/mol. The molecule has 0 saturated heterocycles. The number of halogens is 2. The normalized spacial score (nSPS) is 10.0. The molecular weight excluding hydrogens is 280 g/mol. The average Bonchev–Trinajstić information content (AvgIpc) is 2.44. The van der Waals surface area contributed by atoms with E-state index in [-0.39, 0.29) is 12.3 Å². The SMILES string of the molecule is COc1ccccc1OCC(=O)Nc1cc(F)cc(F)c1. The Morgan fingerprint density at radius 1 is 1.10 bits per heavy atom. The Bertz CT molecular complexity index is 626. The fourth-order valence-electron chi connectivity index (χ4n) is 1.70. The number of nitrogens with one attached hydrogen (secondary N) is 1. The second kappa shape index (κ2) is 6.69. The van der Waals surface area contributed by atoms with E-state index in [4.69, 9.17) is 9.47 Å². The molecule has 0 fully saturated rings. The van der Waals surface area contributed by atoms with Gasteiger partial charge in [0, 0.05) is 11.8 Å². The minimum Gasteiger partial charge on any atom is -0.493 e. The van der Waals surface area contributed by atoms with Crippen molar-refractivity contribution in [1.82, 2.24) is 0 Å². The molecule has 1 amide bonds. The first-order valence-electron chi connectivity index (χ1n) is 6.10. The quantitative estimate of drug-likeness (QED) is 0.922. The second-order valence-corrected chi connectivity index (χ2v) is 4.15. The van der Waals surface area contributed by atoms with Gasteiger partial charge in [0.2, 0.25) is 0 Å². The highest BCUT2D eigenvalue weighted by Gasteiger charge is 2.08. The van der Waals surface area contributed by atoms with E-state index in [0.717, 1.165) is 18.2 Å². The molecule has 0 saturated carbocycles. The monoisotopic (exact) mass is 293 g/mol. The molecular formula is C15H13F2NO3. The van der Waals surface area contributed by atoms with E-state index in [1.165, 1.54) is 7.11 Å². The maximum atomic E-state index is 13.0. The molecule has 2 rings (SSSR count). The van der Waals surface area contributed by atoms with Gasteiger partial charge in [-0.1, -0.05) is 12.1 Å².